The van der Waals surface area contributed by atoms with Crippen LogP contribution < -0.4 is 5.32 Å². The van der Waals surface area contributed by atoms with Crippen LogP contribution in [0.5, 0.6) is 0 Å². The van der Waals surface area contributed by atoms with Crippen LogP contribution in [0.4, 0.5) is 4.39 Å². The lowest BCUT2D eigenvalue weighted by Crippen LogP contribution is -2.46. The number of nitrogens with one attached hydrogen (secondary N) is 1. The van der Waals surface area contributed by atoms with E-state index in [4.69, 9.17) is 0 Å². The number of likely N-dealkylation sites (N-methyl/N-ethyl adjacent to an activating group) is 1. The Morgan fingerprint density at radius 1 is 1.32 bits per heavy atom. The summed E-state index contributed by atoms with van der Waals surface area (Å²) >= 11 is 0. The average molecular weight is 266 g/mol. The molecule has 2 rings (SSSR count). The molecule has 1 fully saturated rings. The molecule has 0 radical (unpaired) electrons. The molecular weight excluding hydrogens is 243 g/mol. The van der Waals surface area contributed by atoms with E-state index in [0.717, 1.165) is 45.0 Å². The van der Waals surface area contributed by atoms with Gasteiger partial charge in [-0.1, -0.05) is 0 Å². The van der Waals surface area contributed by atoms with Gasteiger partial charge >= 0.3 is 0 Å². The first-order valence-corrected chi connectivity index (χ1v) is 6.91. The van der Waals surface area contributed by atoms with Crippen LogP contribution in [0.2, 0.25) is 0 Å². The highest BCUT2D eigenvalue weighted by atomic mass is 19.1. The molecular formula is C14H23FN4. The lowest BCUT2D eigenvalue weighted by atomic mass is 10.2. The van der Waals surface area contributed by atoms with Crippen LogP contribution in [0, 0.1) is 5.82 Å². The van der Waals surface area contributed by atoms with Crippen LogP contribution in [0.3, 0.4) is 0 Å². The van der Waals surface area contributed by atoms with Crippen molar-refractivity contribution >= 4 is 0 Å². The third kappa shape index (κ3) is 4.53. The molecule has 0 amide bonds. The van der Waals surface area contributed by atoms with E-state index in [1.807, 2.05) is 0 Å². The van der Waals surface area contributed by atoms with E-state index in [9.17, 15) is 4.39 Å². The average Bonchev–Trinajstić information content (AvgIpc) is 2.41. The van der Waals surface area contributed by atoms with Crippen molar-refractivity contribution < 1.29 is 4.39 Å². The summed E-state index contributed by atoms with van der Waals surface area (Å²) in [5.74, 6) is -0.284. The largest absolute Gasteiger partial charge is 0.308 e. The molecule has 0 saturated carbocycles. The molecule has 2 heterocycles. The molecule has 5 heteroatoms. The van der Waals surface area contributed by atoms with Gasteiger partial charge in [0.1, 0.15) is 5.82 Å². The zero-order valence-corrected chi connectivity index (χ0v) is 11.8. The van der Waals surface area contributed by atoms with Crippen molar-refractivity contribution in [2.75, 3.05) is 46.3 Å². The van der Waals surface area contributed by atoms with Crippen molar-refractivity contribution in [1.29, 1.82) is 0 Å². The topological polar surface area (TPSA) is 31.4 Å². The van der Waals surface area contributed by atoms with Gasteiger partial charge in [-0.05, 0) is 26.1 Å². The van der Waals surface area contributed by atoms with Crippen LogP contribution in [0.25, 0.3) is 0 Å². The minimum Gasteiger partial charge on any atom is -0.308 e. The highest BCUT2D eigenvalue weighted by Gasteiger charge is 2.13. The van der Waals surface area contributed by atoms with Gasteiger partial charge < -0.3 is 10.2 Å². The predicted molar refractivity (Wildman–Crippen MR) is 74.5 cm³/mol. The van der Waals surface area contributed by atoms with E-state index in [1.54, 1.807) is 6.07 Å². The monoisotopic (exact) mass is 266 g/mol. The van der Waals surface area contributed by atoms with Gasteiger partial charge in [-0.3, -0.25) is 9.88 Å². The Bertz CT molecular complexity index is 374. The Kier molecular flexibility index (Phi) is 5.24. The molecule has 106 valence electrons. The number of nitrogens with zero attached hydrogens (tertiary/aromatic N) is 3. The second kappa shape index (κ2) is 6.93. The van der Waals surface area contributed by atoms with Crippen molar-refractivity contribution in [3.63, 3.8) is 0 Å². The van der Waals surface area contributed by atoms with Gasteiger partial charge in [-0.15, -0.1) is 0 Å². The molecule has 0 aromatic carbocycles. The van der Waals surface area contributed by atoms with Crippen LogP contribution in [0.15, 0.2) is 18.3 Å². The molecule has 0 bridgehead atoms. The lowest BCUT2D eigenvalue weighted by molar-refractivity contribution is 0.154. The summed E-state index contributed by atoms with van der Waals surface area (Å²) < 4.78 is 12.8. The molecule has 1 unspecified atom stereocenters. The minimum atomic E-state index is -0.284. The first-order valence-electron chi connectivity index (χ1n) is 6.91. The van der Waals surface area contributed by atoms with Gasteiger partial charge in [-0.2, -0.15) is 0 Å². The van der Waals surface area contributed by atoms with E-state index in [-0.39, 0.29) is 11.9 Å². The fourth-order valence-corrected chi connectivity index (χ4v) is 2.26. The molecule has 1 N–H and O–H groups in total. The fourth-order valence-electron chi connectivity index (χ4n) is 2.26. The Morgan fingerprint density at radius 2 is 2.05 bits per heavy atom. The van der Waals surface area contributed by atoms with Crippen LogP contribution in [-0.2, 0) is 0 Å². The van der Waals surface area contributed by atoms with Gasteiger partial charge in [0.15, 0.2) is 0 Å². The van der Waals surface area contributed by atoms with E-state index in [0.29, 0.717) is 0 Å². The molecule has 1 aliphatic heterocycles. The summed E-state index contributed by atoms with van der Waals surface area (Å²) in [6.07, 6.45) is 1.27. The number of aromatic nitrogens is 1. The molecule has 1 aromatic heterocycles. The fraction of sp³-hybridized carbons (Fsp3) is 0.643. The van der Waals surface area contributed by atoms with E-state index in [2.05, 4.69) is 34.1 Å². The minimum absolute atomic E-state index is 0.160. The molecule has 4 nitrogen and oxygen atoms in total. The molecule has 1 saturated heterocycles. The lowest BCUT2D eigenvalue weighted by Gasteiger charge is -2.32. The molecule has 1 aromatic rings. The van der Waals surface area contributed by atoms with Crippen molar-refractivity contribution in [3.05, 3.63) is 29.8 Å². The molecule has 1 atom stereocenters. The first kappa shape index (κ1) is 14.4. The maximum Gasteiger partial charge on any atom is 0.141 e. The zero-order valence-electron chi connectivity index (χ0n) is 11.8. The summed E-state index contributed by atoms with van der Waals surface area (Å²) in [6, 6.07) is 3.36. The van der Waals surface area contributed by atoms with Crippen molar-refractivity contribution in [1.82, 2.24) is 20.1 Å². The number of hydrogen-bond acceptors (Lipinski definition) is 4. The Labute approximate surface area is 114 Å². The van der Waals surface area contributed by atoms with Crippen molar-refractivity contribution in [2.24, 2.45) is 0 Å². The van der Waals surface area contributed by atoms with Gasteiger partial charge in [0.2, 0.25) is 0 Å². The summed E-state index contributed by atoms with van der Waals surface area (Å²) in [7, 11) is 2.16. The summed E-state index contributed by atoms with van der Waals surface area (Å²) in [4.78, 5) is 8.92. The second-order valence-electron chi connectivity index (χ2n) is 5.22. The molecule has 0 spiro atoms. The third-order valence-corrected chi connectivity index (χ3v) is 3.67. The Balaban J connectivity index is 1.69. The third-order valence-electron chi connectivity index (χ3n) is 3.67. The number of pyridine rings is 1. The molecule has 19 heavy (non-hydrogen) atoms. The zero-order chi connectivity index (χ0) is 13.7. The predicted octanol–water partition coefficient (Wildman–Crippen LogP) is 1.12. The van der Waals surface area contributed by atoms with Gasteiger partial charge in [-0.25, -0.2) is 4.39 Å². The normalized spacial score (nSPS) is 19.5. The number of rotatable bonds is 5. The van der Waals surface area contributed by atoms with E-state index < -0.39 is 0 Å². The number of halogens is 1. The SMILES string of the molecule is CC(NCCN1CCN(C)CC1)c1ccc(F)cn1. The summed E-state index contributed by atoms with van der Waals surface area (Å²) in [5.41, 5.74) is 0.889. The number of hydrogen-bond donors (Lipinski definition) is 1. The highest BCUT2D eigenvalue weighted by molar-refractivity contribution is 5.08. The van der Waals surface area contributed by atoms with Crippen molar-refractivity contribution in [3.8, 4) is 0 Å². The molecule has 0 aliphatic carbocycles. The quantitative estimate of drug-likeness (QED) is 0.865. The van der Waals surface area contributed by atoms with Crippen molar-refractivity contribution in [2.45, 2.75) is 13.0 Å². The first-order chi connectivity index (χ1) is 9.15. The highest BCUT2D eigenvalue weighted by Crippen LogP contribution is 2.09. The Hall–Kier alpha value is -1.04. The van der Waals surface area contributed by atoms with Gasteiger partial charge in [0, 0.05) is 45.3 Å². The maximum absolute atomic E-state index is 12.8. The standard InChI is InChI=1S/C14H23FN4/c1-12(14-4-3-13(15)11-17-14)16-5-6-19-9-7-18(2)8-10-19/h3-4,11-12,16H,5-10H2,1-2H3. The molecule has 1 aliphatic rings. The summed E-state index contributed by atoms with van der Waals surface area (Å²) in [5, 5.41) is 3.44. The summed E-state index contributed by atoms with van der Waals surface area (Å²) in [6.45, 7) is 8.63. The second-order valence-corrected chi connectivity index (χ2v) is 5.22. The number of piperazine rings is 1. The maximum atomic E-state index is 12.8. The smallest absolute Gasteiger partial charge is 0.141 e. The van der Waals surface area contributed by atoms with Gasteiger partial charge in [0.05, 0.1) is 11.9 Å². The van der Waals surface area contributed by atoms with Crippen LogP contribution in [0.1, 0.15) is 18.7 Å². The van der Waals surface area contributed by atoms with E-state index in [1.165, 1.54) is 12.3 Å². The van der Waals surface area contributed by atoms with Crippen LogP contribution in [-0.4, -0.2) is 61.1 Å². The Morgan fingerprint density at radius 3 is 2.68 bits per heavy atom. The van der Waals surface area contributed by atoms with E-state index >= 15 is 0 Å². The van der Waals surface area contributed by atoms with Crippen LogP contribution >= 0.6 is 0 Å². The van der Waals surface area contributed by atoms with Gasteiger partial charge in [0.25, 0.3) is 0 Å².